The van der Waals surface area contributed by atoms with Crippen molar-refractivity contribution in [3.05, 3.63) is 48.0 Å². The Kier molecular flexibility index (Phi) is 3.02. The largest absolute Gasteiger partial charge is 0.508 e. The summed E-state index contributed by atoms with van der Waals surface area (Å²) in [6, 6.07) is 7.01. The van der Waals surface area contributed by atoms with Crippen LogP contribution in [0.25, 0.3) is 22.8 Å². The van der Waals surface area contributed by atoms with E-state index in [1.54, 1.807) is 0 Å². The van der Waals surface area contributed by atoms with Crippen LogP contribution in [0.2, 0.25) is 0 Å². The van der Waals surface area contributed by atoms with Crippen LogP contribution in [-0.2, 0) is 0 Å². The minimum absolute atomic E-state index is 0.0286. The van der Waals surface area contributed by atoms with Gasteiger partial charge in [-0.2, -0.15) is 4.98 Å². The summed E-state index contributed by atoms with van der Waals surface area (Å²) in [5, 5.41) is 22.5. The normalized spacial score (nSPS) is 10.8. The van der Waals surface area contributed by atoms with Crippen LogP contribution in [0.3, 0.4) is 0 Å². The van der Waals surface area contributed by atoms with Crippen molar-refractivity contribution in [3.8, 4) is 34.3 Å². The van der Waals surface area contributed by atoms with Gasteiger partial charge in [-0.15, -0.1) is 0 Å². The molecule has 0 saturated heterocycles. The van der Waals surface area contributed by atoms with Crippen LogP contribution in [0, 0.1) is 11.6 Å². The summed E-state index contributed by atoms with van der Waals surface area (Å²) in [6.45, 7) is 0. The minimum Gasteiger partial charge on any atom is -0.508 e. The van der Waals surface area contributed by atoms with Crippen LogP contribution in [0.4, 0.5) is 8.78 Å². The van der Waals surface area contributed by atoms with E-state index in [4.69, 9.17) is 4.52 Å². The average molecular weight is 290 g/mol. The Bertz CT molecular complexity index is 797. The molecule has 0 fully saturated rings. The molecule has 2 aromatic carbocycles. The van der Waals surface area contributed by atoms with Crippen molar-refractivity contribution in [2.75, 3.05) is 0 Å². The quantitative estimate of drug-likeness (QED) is 0.758. The molecule has 3 rings (SSSR count). The van der Waals surface area contributed by atoms with Gasteiger partial charge in [0.2, 0.25) is 5.82 Å². The van der Waals surface area contributed by atoms with Gasteiger partial charge in [0.05, 0.1) is 0 Å². The van der Waals surface area contributed by atoms with Crippen LogP contribution in [0.5, 0.6) is 11.5 Å². The highest BCUT2D eigenvalue weighted by molar-refractivity contribution is 5.62. The lowest BCUT2D eigenvalue weighted by molar-refractivity contribution is 0.428. The van der Waals surface area contributed by atoms with E-state index in [1.807, 2.05) is 0 Å². The van der Waals surface area contributed by atoms with E-state index in [0.29, 0.717) is 5.56 Å². The van der Waals surface area contributed by atoms with E-state index in [1.165, 1.54) is 18.2 Å². The Hall–Kier alpha value is -2.96. The van der Waals surface area contributed by atoms with Crippen molar-refractivity contribution >= 4 is 0 Å². The van der Waals surface area contributed by atoms with Crippen LogP contribution in [-0.4, -0.2) is 20.4 Å². The summed E-state index contributed by atoms with van der Waals surface area (Å²) in [4.78, 5) is 4.01. The average Bonchev–Trinajstić information content (AvgIpc) is 2.90. The highest BCUT2D eigenvalue weighted by Crippen LogP contribution is 2.29. The molecule has 0 aliphatic heterocycles. The molecule has 0 amide bonds. The number of aromatic hydroxyl groups is 2. The second-order valence-electron chi connectivity index (χ2n) is 4.29. The topological polar surface area (TPSA) is 79.4 Å². The zero-order valence-electron chi connectivity index (χ0n) is 10.4. The monoisotopic (exact) mass is 290 g/mol. The van der Waals surface area contributed by atoms with Crippen molar-refractivity contribution in [3.63, 3.8) is 0 Å². The fourth-order valence-electron chi connectivity index (χ4n) is 1.81. The van der Waals surface area contributed by atoms with Gasteiger partial charge < -0.3 is 14.7 Å². The van der Waals surface area contributed by atoms with E-state index >= 15 is 0 Å². The van der Waals surface area contributed by atoms with E-state index in [2.05, 4.69) is 10.1 Å². The van der Waals surface area contributed by atoms with Gasteiger partial charge in [0.15, 0.2) is 11.6 Å². The summed E-state index contributed by atoms with van der Waals surface area (Å²) in [7, 11) is 0. The first-order valence-corrected chi connectivity index (χ1v) is 5.85. The molecule has 3 aromatic rings. The van der Waals surface area contributed by atoms with Gasteiger partial charge in [-0.05, 0) is 30.3 Å². The van der Waals surface area contributed by atoms with E-state index in [-0.39, 0.29) is 28.8 Å². The molecule has 7 heteroatoms. The molecule has 0 bridgehead atoms. The standard InChI is InChI=1S/C14H8F2N2O3/c15-11-2-1-7(5-12(11)16)13-17-14(21-18-13)8-3-9(19)6-10(20)4-8/h1-6,19-20H. The van der Waals surface area contributed by atoms with Crippen molar-refractivity contribution < 1.29 is 23.5 Å². The Morgan fingerprint density at radius 1 is 0.857 bits per heavy atom. The third kappa shape index (κ3) is 2.53. The van der Waals surface area contributed by atoms with Gasteiger partial charge in [0.25, 0.3) is 5.89 Å². The third-order valence-corrected chi connectivity index (χ3v) is 2.75. The smallest absolute Gasteiger partial charge is 0.258 e. The first-order valence-electron chi connectivity index (χ1n) is 5.85. The predicted octanol–water partition coefficient (Wildman–Crippen LogP) is 3.09. The van der Waals surface area contributed by atoms with Crippen molar-refractivity contribution in [2.45, 2.75) is 0 Å². The molecule has 106 valence electrons. The highest BCUT2D eigenvalue weighted by atomic mass is 19.2. The highest BCUT2D eigenvalue weighted by Gasteiger charge is 2.13. The molecule has 2 N–H and O–H groups in total. The maximum atomic E-state index is 13.2. The number of benzene rings is 2. The van der Waals surface area contributed by atoms with Crippen LogP contribution in [0.1, 0.15) is 0 Å². The number of phenolic OH excluding ortho intramolecular Hbond substituents is 2. The maximum Gasteiger partial charge on any atom is 0.258 e. The Morgan fingerprint density at radius 3 is 2.24 bits per heavy atom. The van der Waals surface area contributed by atoms with Crippen molar-refractivity contribution in [2.24, 2.45) is 0 Å². The Morgan fingerprint density at radius 2 is 1.57 bits per heavy atom. The molecule has 0 radical (unpaired) electrons. The zero-order chi connectivity index (χ0) is 15.0. The van der Waals surface area contributed by atoms with Crippen LogP contribution >= 0.6 is 0 Å². The van der Waals surface area contributed by atoms with Crippen molar-refractivity contribution in [1.29, 1.82) is 0 Å². The first kappa shape index (κ1) is 13.0. The lowest BCUT2D eigenvalue weighted by atomic mass is 10.2. The van der Waals surface area contributed by atoms with Gasteiger partial charge in [-0.3, -0.25) is 0 Å². The number of hydrogen-bond donors (Lipinski definition) is 2. The second-order valence-corrected chi connectivity index (χ2v) is 4.29. The lowest BCUT2D eigenvalue weighted by Crippen LogP contribution is -1.87. The molecule has 0 aliphatic carbocycles. The van der Waals surface area contributed by atoms with Crippen LogP contribution in [0.15, 0.2) is 40.9 Å². The van der Waals surface area contributed by atoms with Gasteiger partial charge in [-0.1, -0.05) is 5.16 Å². The summed E-state index contributed by atoms with van der Waals surface area (Å²) in [6.07, 6.45) is 0. The fourth-order valence-corrected chi connectivity index (χ4v) is 1.81. The molecule has 0 atom stereocenters. The van der Waals surface area contributed by atoms with Gasteiger partial charge >= 0.3 is 0 Å². The summed E-state index contributed by atoms with van der Waals surface area (Å²) in [5.41, 5.74) is 0.544. The second kappa shape index (κ2) is 4.86. The number of aromatic nitrogens is 2. The number of phenols is 2. The molecule has 0 aliphatic rings. The summed E-state index contributed by atoms with van der Waals surface area (Å²) < 4.78 is 31.0. The summed E-state index contributed by atoms with van der Waals surface area (Å²) in [5.74, 6) is -2.24. The number of halogens is 2. The maximum absolute atomic E-state index is 13.2. The zero-order valence-corrected chi connectivity index (χ0v) is 10.4. The Balaban J connectivity index is 2.01. The predicted molar refractivity (Wildman–Crippen MR) is 68.4 cm³/mol. The number of nitrogens with zero attached hydrogens (tertiary/aromatic N) is 2. The molecule has 0 spiro atoms. The van der Waals surface area contributed by atoms with Gasteiger partial charge in [0, 0.05) is 17.2 Å². The van der Waals surface area contributed by atoms with E-state index in [9.17, 15) is 19.0 Å². The van der Waals surface area contributed by atoms with E-state index in [0.717, 1.165) is 18.2 Å². The third-order valence-electron chi connectivity index (χ3n) is 2.75. The minimum atomic E-state index is -1.02. The van der Waals surface area contributed by atoms with Gasteiger partial charge in [-0.25, -0.2) is 8.78 Å². The Labute approximate surface area is 117 Å². The number of hydrogen-bond acceptors (Lipinski definition) is 5. The molecule has 5 nitrogen and oxygen atoms in total. The molecule has 0 unspecified atom stereocenters. The fraction of sp³-hybridized carbons (Fsp3) is 0. The van der Waals surface area contributed by atoms with Crippen molar-refractivity contribution in [1.82, 2.24) is 10.1 Å². The molecular formula is C14H8F2N2O3. The van der Waals surface area contributed by atoms with E-state index < -0.39 is 11.6 Å². The van der Waals surface area contributed by atoms with Crippen LogP contribution < -0.4 is 0 Å². The first-order chi connectivity index (χ1) is 10.0. The lowest BCUT2D eigenvalue weighted by Gasteiger charge is -1.98. The SMILES string of the molecule is Oc1cc(O)cc(-c2nc(-c3ccc(F)c(F)c3)no2)c1. The molecule has 0 saturated carbocycles. The van der Waals surface area contributed by atoms with Gasteiger partial charge in [0.1, 0.15) is 11.5 Å². The molecular weight excluding hydrogens is 282 g/mol. The summed E-state index contributed by atoms with van der Waals surface area (Å²) >= 11 is 0. The molecule has 1 aromatic heterocycles. The molecule has 1 heterocycles. The molecule has 21 heavy (non-hydrogen) atoms. The number of rotatable bonds is 2.